The van der Waals surface area contributed by atoms with Gasteiger partial charge >= 0.3 is 5.97 Å². The van der Waals surface area contributed by atoms with Crippen LogP contribution in [-0.4, -0.2) is 21.0 Å². The van der Waals surface area contributed by atoms with Crippen LogP contribution < -0.4 is 0 Å². The maximum absolute atomic E-state index is 12.6. The second-order valence-electron chi connectivity index (χ2n) is 3.07. The maximum atomic E-state index is 12.6. The Morgan fingerprint density at radius 1 is 1.25 bits per heavy atom. The highest BCUT2D eigenvalue weighted by atomic mass is 19.1. The predicted molar refractivity (Wildman–Crippen MR) is 54.4 cm³/mol. The van der Waals surface area contributed by atoms with Gasteiger partial charge in [-0.15, -0.1) is 0 Å². The minimum atomic E-state index is -1.13. The van der Waals surface area contributed by atoms with Crippen molar-refractivity contribution in [3.05, 3.63) is 48.3 Å². The lowest BCUT2D eigenvalue weighted by Gasteiger charge is -2.03. The predicted octanol–water partition coefficient (Wildman–Crippen LogP) is 1.98. The van der Waals surface area contributed by atoms with Crippen molar-refractivity contribution < 1.29 is 14.3 Å². The molecule has 2 aromatic rings. The summed E-state index contributed by atoms with van der Waals surface area (Å²) in [6.07, 6.45) is 2.67. The molecule has 16 heavy (non-hydrogen) atoms. The monoisotopic (exact) mass is 218 g/mol. The summed E-state index contributed by atoms with van der Waals surface area (Å²) in [7, 11) is 0. The van der Waals surface area contributed by atoms with E-state index in [0.717, 1.165) is 0 Å². The Balaban J connectivity index is 2.55. The number of carboxylic acids is 1. The van der Waals surface area contributed by atoms with Crippen LogP contribution >= 0.6 is 0 Å². The Kier molecular flexibility index (Phi) is 2.59. The first-order valence-electron chi connectivity index (χ1n) is 4.49. The molecule has 0 atom stereocenters. The number of carbonyl (C=O) groups is 1. The van der Waals surface area contributed by atoms with Gasteiger partial charge in [0.15, 0.2) is 5.69 Å². The molecule has 0 spiro atoms. The van der Waals surface area contributed by atoms with Gasteiger partial charge in [-0.2, -0.15) is 4.39 Å². The van der Waals surface area contributed by atoms with E-state index < -0.39 is 11.9 Å². The molecule has 4 nitrogen and oxygen atoms in total. The second-order valence-corrected chi connectivity index (χ2v) is 3.07. The van der Waals surface area contributed by atoms with Gasteiger partial charge < -0.3 is 5.11 Å². The zero-order valence-corrected chi connectivity index (χ0v) is 8.09. The third kappa shape index (κ3) is 1.88. The van der Waals surface area contributed by atoms with Crippen molar-refractivity contribution in [1.29, 1.82) is 0 Å². The van der Waals surface area contributed by atoms with Gasteiger partial charge in [0.25, 0.3) is 0 Å². The number of hydrogen-bond acceptors (Lipinski definition) is 3. The molecule has 0 unspecified atom stereocenters. The van der Waals surface area contributed by atoms with E-state index in [-0.39, 0.29) is 5.69 Å². The molecular formula is C11H7FN2O2. The fraction of sp³-hybridized carbons (Fsp3) is 0. The van der Waals surface area contributed by atoms with Gasteiger partial charge in [0.1, 0.15) is 0 Å². The number of halogens is 1. The summed E-state index contributed by atoms with van der Waals surface area (Å²) in [5.41, 5.74) is 0.866. The lowest BCUT2D eigenvalue weighted by atomic mass is 10.1. The van der Waals surface area contributed by atoms with Gasteiger partial charge in [0, 0.05) is 23.5 Å². The molecule has 0 saturated heterocycles. The van der Waals surface area contributed by atoms with Crippen LogP contribution in [0.5, 0.6) is 0 Å². The fourth-order valence-electron chi connectivity index (χ4n) is 1.34. The van der Waals surface area contributed by atoms with Crippen LogP contribution in [0.3, 0.4) is 0 Å². The van der Waals surface area contributed by atoms with Crippen LogP contribution in [0.15, 0.2) is 36.7 Å². The number of pyridine rings is 2. The topological polar surface area (TPSA) is 63.1 Å². The number of aromatic carboxylic acids is 1. The molecule has 0 fully saturated rings. The van der Waals surface area contributed by atoms with Crippen LogP contribution in [0.2, 0.25) is 0 Å². The van der Waals surface area contributed by atoms with Gasteiger partial charge in [-0.3, -0.25) is 0 Å². The van der Waals surface area contributed by atoms with Crippen molar-refractivity contribution >= 4 is 5.97 Å². The van der Waals surface area contributed by atoms with Crippen LogP contribution in [0.1, 0.15) is 10.5 Å². The lowest BCUT2D eigenvalue weighted by molar-refractivity contribution is 0.0691. The average Bonchev–Trinajstić information content (AvgIpc) is 2.30. The van der Waals surface area contributed by atoms with Crippen LogP contribution in [-0.2, 0) is 0 Å². The molecule has 1 N–H and O–H groups in total. The van der Waals surface area contributed by atoms with E-state index in [4.69, 9.17) is 5.11 Å². The molecule has 0 aliphatic carbocycles. The summed E-state index contributed by atoms with van der Waals surface area (Å²) in [5, 5.41) is 8.92. The smallest absolute Gasteiger partial charge is 0.355 e. The van der Waals surface area contributed by atoms with Gasteiger partial charge in [-0.1, -0.05) is 6.07 Å². The van der Waals surface area contributed by atoms with E-state index in [1.165, 1.54) is 24.5 Å². The van der Waals surface area contributed by atoms with Crippen molar-refractivity contribution in [2.75, 3.05) is 0 Å². The lowest BCUT2D eigenvalue weighted by Crippen LogP contribution is -2.02. The van der Waals surface area contributed by atoms with Crippen molar-refractivity contribution in [2.45, 2.75) is 0 Å². The maximum Gasteiger partial charge on any atom is 0.355 e. The Hall–Kier alpha value is -2.30. The summed E-state index contributed by atoms with van der Waals surface area (Å²) in [5.74, 6) is -1.73. The highest BCUT2D eigenvalue weighted by molar-refractivity contribution is 5.93. The van der Waals surface area contributed by atoms with Crippen LogP contribution in [0, 0.1) is 5.95 Å². The molecular weight excluding hydrogens is 211 g/mol. The van der Waals surface area contributed by atoms with Gasteiger partial charge in [-0.25, -0.2) is 14.8 Å². The molecule has 0 aromatic carbocycles. The highest BCUT2D eigenvalue weighted by Gasteiger charge is 2.12. The third-order valence-electron chi connectivity index (χ3n) is 2.05. The molecule has 80 valence electrons. The SMILES string of the molecule is O=C(O)c1ncccc1-c1ccc(F)nc1. The van der Waals surface area contributed by atoms with Crippen LogP contribution in [0.25, 0.3) is 11.1 Å². The largest absolute Gasteiger partial charge is 0.476 e. The zero-order valence-electron chi connectivity index (χ0n) is 8.09. The molecule has 0 radical (unpaired) electrons. The number of hydrogen-bond donors (Lipinski definition) is 1. The van der Waals surface area contributed by atoms with Gasteiger partial charge in [0.05, 0.1) is 0 Å². The minimum absolute atomic E-state index is 0.0732. The number of nitrogens with zero attached hydrogens (tertiary/aromatic N) is 2. The summed E-state index contributed by atoms with van der Waals surface area (Å²) in [6, 6.07) is 5.86. The van der Waals surface area contributed by atoms with E-state index in [2.05, 4.69) is 9.97 Å². The molecule has 2 aromatic heterocycles. The molecule has 5 heteroatoms. The normalized spacial score (nSPS) is 10.1. The molecule has 0 aliphatic heterocycles. The van der Waals surface area contributed by atoms with Gasteiger partial charge in [-0.05, 0) is 18.2 Å². The Bertz CT molecular complexity index is 526. The molecule has 0 amide bonds. The van der Waals surface area contributed by atoms with Crippen molar-refractivity contribution in [3.63, 3.8) is 0 Å². The fourth-order valence-corrected chi connectivity index (χ4v) is 1.34. The number of carboxylic acid groups (broad SMARTS) is 1. The zero-order chi connectivity index (χ0) is 11.5. The average molecular weight is 218 g/mol. The van der Waals surface area contributed by atoms with Crippen molar-refractivity contribution in [2.24, 2.45) is 0 Å². The third-order valence-corrected chi connectivity index (χ3v) is 2.05. The first-order valence-corrected chi connectivity index (χ1v) is 4.49. The molecule has 0 saturated carbocycles. The first-order chi connectivity index (χ1) is 7.68. The van der Waals surface area contributed by atoms with E-state index in [1.807, 2.05) is 0 Å². The van der Waals surface area contributed by atoms with Crippen molar-refractivity contribution in [1.82, 2.24) is 9.97 Å². The first kappa shape index (κ1) is 10.2. The van der Waals surface area contributed by atoms with Gasteiger partial charge in [0.2, 0.25) is 5.95 Å². The summed E-state index contributed by atoms with van der Waals surface area (Å²) in [6.45, 7) is 0. The van der Waals surface area contributed by atoms with E-state index in [1.54, 1.807) is 12.1 Å². The van der Waals surface area contributed by atoms with E-state index in [0.29, 0.717) is 11.1 Å². The molecule has 0 aliphatic rings. The Morgan fingerprint density at radius 2 is 2.06 bits per heavy atom. The Morgan fingerprint density at radius 3 is 2.69 bits per heavy atom. The highest BCUT2D eigenvalue weighted by Crippen LogP contribution is 2.21. The van der Waals surface area contributed by atoms with E-state index >= 15 is 0 Å². The van der Waals surface area contributed by atoms with Crippen molar-refractivity contribution in [3.8, 4) is 11.1 Å². The second kappa shape index (κ2) is 4.06. The summed E-state index contributed by atoms with van der Waals surface area (Å²) in [4.78, 5) is 18.1. The standard InChI is InChI=1S/C11H7FN2O2/c12-9-4-3-7(6-14-9)8-2-1-5-13-10(8)11(15)16/h1-6H,(H,15,16). The Labute approximate surface area is 90.4 Å². The molecule has 2 heterocycles. The van der Waals surface area contributed by atoms with E-state index in [9.17, 15) is 9.18 Å². The summed E-state index contributed by atoms with van der Waals surface area (Å²) >= 11 is 0. The molecule has 2 rings (SSSR count). The summed E-state index contributed by atoms with van der Waals surface area (Å²) < 4.78 is 12.6. The molecule has 0 bridgehead atoms. The van der Waals surface area contributed by atoms with Crippen LogP contribution in [0.4, 0.5) is 4.39 Å². The quantitative estimate of drug-likeness (QED) is 0.783. The number of rotatable bonds is 2. The minimum Gasteiger partial charge on any atom is -0.476 e. The number of aromatic nitrogens is 2.